The zero-order chi connectivity index (χ0) is 13.8. The topological polar surface area (TPSA) is 67.6 Å². The lowest BCUT2D eigenvalue weighted by Gasteiger charge is -2.22. The van der Waals surface area contributed by atoms with Gasteiger partial charge in [-0.1, -0.05) is 12.1 Å². The number of hydrogen-bond donors (Lipinski definition) is 2. The summed E-state index contributed by atoms with van der Waals surface area (Å²) in [5.74, 6) is 0.821. The highest BCUT2D eigenvalue weighted by molar-refractivity contribution is 5.77. The fraction of sp³-hybridized carbons (Fsp3) is 0.500. The standard InChI is InChI=1S/C14H21N3O2/c1-10(7-8-15)17-9-13(16-14(17)18)11-3-5-12(19-2)6-4-11/h3-6,10,13H,7-9,15H2,1-2H3,(H,16,18). The van der Waals surface area contributed by atoms with Gasteiger partial charge in [0.15, 0.2) is 0 Å². The first-order chi connectivity index (χ1) is 9.15. The minimum Gasteiger partial charge on any atom is -0.497 e. The van der Waals surface area contributed by atoms with Crippen molar-refractivity contribution in [1.82, 2.24) is 10.2 Å². The maximum Gasteiger partial charge on any atom is 0.318 e. The Bertz CT molecular complexity index is 433. The maximum atomic E-state index is 11.9. The SMILES string of the molecule is COc1ccc(C2CN(C(C)CCN)C(=O)N2)cc1. The molecule has 5 heteroatoms. The van der Waals surface area contributed by atoms with Crippen LogP contribution in [0.4, 0.5) is 4.79 Å². The molecule has 2 rings (SSSR count). The van der Waals surface area contributed by atoms with E-state index in [0.717, 1.165) is 17.7 Å². The molecular formula is C14H21N3O2. The van der Waals surface area contributed by atoms with Crippen molar-refractivity contribution >= 4 is 6.03 Å². The van der Waals surface area contributed by atoms with E-state index in [1.807, 2.05) is 36.1 Å². The summed E-state index contributed by atoms with van der Waals surface area (Å²) in [4.78, 5) is 13.8. The molecule has 0 radical (unpaired) electrons. The molecular weight excluding hydrogens is 242 g/mol. The quantitative estimate of drug-likeness (QED) is 0.846. The van der Waals surface area contributed by atoms with Crippen LogP contribution >= 0.6 is 0 Å². The summed E-state index contributed by atoms with van der Waals surface area (Å²) < 4.78 is 5.13. The number of nitrogens with zero attached hydrogens (tertiary/aromatic N) is 1. The number of carbonyl (C=O) groups is 1. The summed E-state index contributed by atoms with van der Waals surface area (Å²) in [6.45, 7) is 3.31. The zero-order valence-corrected chi connectivity index (χ0v) is 11.4. The Labute approximate surface area is 113 Å². The van der Waals surface area contributed by atoms with Gasteiger partial charge in [0.1, 0.15) is 5.75 Å². The Kier molecular flexibility index (Phi) is 4.27. The fourth-order valence-corrected chi connectivity index (χ4v) is 2.36. The van der Waals surface area contributed by atoms with E-state index < -0.39 is 0 Å². The van der Waals surface area contributed by atoms with Gasteiger partial charge in [0.05, 0.1) is 13.2 Å². The van der Waals surface area contributed by atoms with Gasteiger partial charge < -0.3 is 20.7 Å². The first-order valence-corrected chi connectivity index (χ1v) is 6.57. The van der Waals surface area contributed by atoms with Crippen LogP contribution in [0, 0.1) is 0 Å². The lowest BCUT2D eigenvalue weighted by Crippen LogP contribution is -2.37. The molecule has 1 aliphatic heterocycles. The summed E-state index contributed by atoms with van der Waals surface area (Å²) >= 11 is 0. The Hall–Kier alpha value is -1.75. The van der Waals surface area contributed by atoms with E-state index in [0.29, 0.717) is 13.1 Å². The number of rotatable bonds is 5. The highest BCUT2D eigenvalue weighted by atomic mass is 16.5. The van der Waals surface area contributed by atoms with E-state index in [1.165, 1.54) is 0 Å². The summed E-state index contributed by atoms with van der Waals surface area (Å²) in [7, 11) is 1.64. The van der Waals surface area contributed by atoms with Crippen LogP contribution in [0.1, 0.15) is 24.9 Å². The molecule has 1 aromatic rings. The van der Waals surface area contributed by atoms with Crippen LogP contribution in [0.2, 0.25) is 0 Å². The third-order valence-corrected chi connectivity index (χ3v) is 3.57. The lowest BCUT2D eigenvalue weighted by molar-refractivity contribution is 0.199. The monoisotopic (exact) mass is 263 g/mol. The second-order valence-corrected chi connectivity index (χ2v) is 4.85. The van der Waals surface area contributed by atoms with Crippen molar-refractivity contribution in [3.8, 4) is 5.75 Å². The van der Waals surface area contributed by atoms with Crippen LogP contribution in [-0.4, -0.2) is 37.2 Å². The summed E-state index contributed by atoms with van der Waals surface area (Å²) in [5.41, 5.74) is 6.64. The minimum absolute atomic E-state index is 0.0123. The molecule has 1 aliphatic rings. The molecule has 0 spiro atoms. The van der Waals surface area contributed by atoms with E-state index in [2.05, 4.69) is 5.32 Å². The number of amides is 2. The number of urea groups is 1. The van der Waals surface area contributed by atoms with Crippen molar-refractivity contribution in [2.45, 2.75) is 25.4 Å². The third-order valence-electron chi connectivity index (χ3n) is 3.57. The second-order valence-electron chi connectivity index (χ2n) is 4.85. The average molecular weight is 263 g/mol. The van der Waals surface area contributed by atoms with Crippen LogP contribution < -0.4 is 15.8 Å². The number of nitrogens with one attached hydrogen (secondary N) is 1. The second kappa shape index (κ2) is 5.93. The Balaban J connectivity index is 2.05. The zero-order valence-electron chi connectivity index (χ0n) is 11.4. The summed E-state index contributed by atoms with van der Waals surface area (Å²) in [5, 5.41) is 3.00. The Morgan fingerprint density at radius 3 is 2.74 bits per heavy atom. The van der Waals surface area contributed by atoms with E-state index in [-0.39, 0.29) is 18.1 Å². The van der Waals surface area contributed by atoms with Crippen LogP contribution in [-0.2, 0) is 0 Å². The number of ether oxygens (including phenoxy) is 1. The lowest BCUT2D eigenvalue weighted by atomic mass is 10.1. The molecule has 0 aliphatic carbocycles. The number of carbonyl (C=O) groups excluding carboxylic acids is 1. The van der Waals surface area contributed by atoms with Crippen LogP contribution in [0.15, 0.2) is 24.3 Å². The normalized spacial score (nSPS) is 20.3. The molecule has 2 amide bonds. The molecule has 19 heavy (non-hydrogen) atoms. The molecule has 5 nitrogen and oxygen atoms in total. The first-order valence-electron chi connectivity index (χ1n) is 6.57. The van der Waals surface area contributed by atoms with Crippen LogP contribution in [0.5, 0.6) is 5.75 Å². The molecule has 3 N–H and O–H groups in total. The van der Waals surface area contributed by atoms with Crippen molar-refractivity contribution in [1.29, 1.82) is 0 Å². The molecule has 1 saturated heterocycles. The van der Waals surface area contributed by atoms with Crippen molar-refractivity contribution in [3.63, 3.8) is 0 Å². The van der Waals surface area contributed by atoms with Gasteiger partial charge in [0, 0.05) is 12.6 Å². The fourth-order valence-electron chi connectivity index (χ4n) is 2.36. The van der Waals surface area contributed by atoms with Crippen molar-refractivity contribution in [2.24, 2.45) is 5.73 Å². The first kappa shape index (κ1) is 13.7. The number of nitrogens with two attached hydrogens (primary N) is 1. The van der Waals surface area contributed by atoms with Gasteiger partial charge >= 0.3 is 6.03 Å². The van der Waals surface area contributed by atoms with E-state index in [1.54, 1.807) is 7.11 Å². The summed E-state index contributed by atoms with van der Waals surface area (Å²) in [6, 6.07) is 8.00. The predicted octanol–water partition coefficient (Wildman–Crippen LogP) is 1.50. The van der Waals surface area contributed by atoms with Gasteiger partial charge in [-0.2, -0.15) is 0 Å². The van der Waals surface area contributed by atoms with Crippen LogP contribution in [0.25, 0.3) is 0 Å². The predicted molar refractivity (Wildman–Crippen MR) is 74.1 cm³/mol. The number of methoxy groups -OCH3 is 1. The molecule has 2 unspecified atom stereocenters. The molecule has 2 atom stereocenters. The number of benzene rings is 1. The van der Waals surface area contributed by atoms with Gasteiger partial charge in [-0.3, -0.25) is 0 Å². The van der Waals surface area contributed by atoms with Crippen molar-refractivity contribution in [2.75, 3.05) is 20.2 Å². The van der Waals surface area contributed by atoms with Gasteiger partial charge in [0.2, 0.25) is 0 Å². The molecule has 0 aromatic heterocycles. The highest BCUT2D eigenvalue weighted by Crippen LogP contribution is 2.24. The number of hydrogen-bond acceptors (Lipinski definition) is 3. The van der Waals surface area contributed by atoms with E-state index in [9.17, 15) is 4.79 Å². The minimum atomic E-state index is -0.0123. The van der Waals surface area contributed by atoms with E-state index in [4.69, 9.17) is 10.5 Å². The maximum absolute atomic E-state index is 11.9. The van der Waals surface area contributed by atoms with Gasteiger partial charge in [-0.05, 0) is 37.6 Å². The largest absolute Gasteiger partial charge is 0.497 e. The Morgan fingerprint density at radius 2 is 2.16 bits per heavy atom. The molecule has 104 valence electrons. The van der Waals surface area contributed by atoms with Crippen molar-refractivity contribution in [3.05, 3.63) is 29.8 Å². The smallest absolute Gasteiger partial charge is 0.318 e. The van der Waals surface area contributed by atoms with Crippen molar-refractivity contribution < 1.29 is 9.53 Å². The molecule has 1 fully saturated rings. The third kappa shape index (κ3) is 2.98. The summed E-state index contributed by atoms with van der Waals surface area (Å²) in [6.07, 6.45) is 0.822. The van der Waals surface area contributed by atoms with Gasteiger partial charge in [0.25, 0.3) is 0 Å². The molecule has 1 aromatic carbocycles. The van der Waals surface area contributed by atoms with E-state index >= 15 is 0 Å². The molecule has 0 bridgehead atoms. The average Bonchev–Trinajstić information content (AvgIpc) is 2.81. The molecule has 1 heterocycles. The van der Waals surface area contributed by atoms with Gasteiger partial charge in [-0.25, -0.2) is 4.79 Å². The Morgan fingerprint density at radius 1 is 1.47 bits per heavy atom. The van der Waals surface area contributed by atoms with Gasteiger partial charge in [-0.15, -0.1) is 0 Å². The highest BCUT2D eigenvalue weighted by Gasteiger charge is 2.32. The molecule has 0 saturated carbocycles. The van der Waals surface area contributed by atoms with Crippen LogP contribution in [0.3, 0.4) is 0 Å².